The highest BCUT2D eigenvalue weighted by Gasteiger charge is 2.43. The maximum Gasteiger partial charge on any atom is 0.280 e. The van der Waals surface area contributed by atoms with Crippen molar-refractivity contribution in [3.63, 3.8) is 0 Å². The van der Waals surface area contributed by atoms with E-state index in [0.717, 1.165) is 46.4 Å². The third-order valence-corrected chi connectivity index (χ3v) is 6.54. The van der Waals surface area contributed by atoms with Crippen LogP contribution >= 0.6 is 0 Å². The molecule has 0 fully saturated rings. The zero-order chi connectivity index (χ0) is 25.1. The number of unbranched alkanes of at least 4 members (excludes halogenated alkanes) is 2. The molecule has 3 heterocycles. The van der Waals surface area contributed by atoms with E-state index in [-0.39, 0.29) is 11.9 Å². The van der Waals surface area contributed by atoms with E-state index in [1.807, 2.05) is 37.1 Å². The van der Waals surface area contributed by atoms with Crippen molar-refractivity contribution >= 4 is 28.4 Å². The standard InChI is InChI=1S/C21H19N5O.C7H14O/c1-12-4-6-14(7-5-12)20-18-13(2)25(3)24-19(18)21(27)26(20)15-8-9-16-17(10-15)23-11-22-16;1-3-4-5-6-7(2)8/h4-11,20H,1-3H3,(H,22,23);3-6H2,1-2H3. The van der Waals surface area contributed by atoms with Crippen LogP contribution in [0.4, 0.5) is 5.69 Å². The summed E-state index contributed by atoms with van der Waals surface area (Å²) >= 11 is 0. The van der Waals surface area contributed by atoms with Crippen molar-refractivity contribution in [1.82, 2.24) is 19.7 Å². The zero-order valence-electron chi connectivity index (χ0n) is 21.1. The van der Waals surface area contributed by atoms with Crippen molar-refractivity contribution < 1.29 is 9.59 Å². The molecule has 182 valence electrons. The third-order valence-electron chi connectivity index (χ3n) is 6.54. The average molecular weight is 472 g/mol. The van der Waals surface area contributed by atoms with Gasteiger partial charge in [-0.05, 0) is 51.0 Å². The molecule has 0 radical (unpaired) electrons. The summed E-state index contributed by atoms with van der Waals surface area (Å²) in [5, 5.41) is 4.50. The molecule has 1 aliphatic rings. The molecule has 0 bridgehead atoms. The number of rotatable bonds is 6. The van der Waals surface area contributed by atoms with Crippen LogP contribution in [0.15, 0.2) is 48.8 Å². The number of nitrogens with one attached hydrogen (secondary N) is 1. The molecule has 0 saturated heterocycles. The monoisotopic (exact) mass is 471 g/mol. The van der Waals surface area contributed by atoms with Crippen LogP contribution in [0.1, 0.15) is 78.4 Å². The van der Waals surface area contributed by atoms with Gasteiger partial charge in [-0.2, -0.15) is 5.10 Å². The quantitative estimate of drug-likeness (QED) is 0.359. The number of anilines is 1. The summed E-state index contributed by atoms with van der Waals surface area (Å²) in [6.45, 7) is 7.87. The van der Waals surface area contributed by atoms with E-state index in [1.54, 1.807) is 17.9 Å². The molecular weight excluding hydrogens is 438 g/mol. The normalized spacial score (nSPS) is 14.7. The lowest BCUT2D eigenvalue weighted by Crippen LogP contribution is -2.29. The van der Waals surface area contributed by atoms with Crippen molar-refractivity contribution in [2.75, 3.05) is 4.90 Å². The van der Waals surface area contributed by atoms with Gasteiger partial charge in [0.05, 0.1) is 23.4 Å². The van der Waals surface area contributed by atoms with Gasteiger partial charge >= 0.3 is 0 Å². The van der Waals surface area contributed by atoms with Crippen LogP contribution in [-0.4, -0.2) is 31.4 Å². The van der Waals surface area contributed by atoms with Gasteiger partial charge in [0.15, 0.2) is 5.69 Å². The molecule has 7 nitrogen and oxygen atoms in total. The molecule has 2 aromatic heterocycles. The number of imidazole rings is 1. The number of aryl methyl sites for hydroxylation is 2. The fourth-order valence-corrected chi connectivity index (χ4v) is 4.50. The number of ketones is 1. The van der Waals surface area contributed by atoms with Crippen LogP contribution in [0.3, 0.4) is 0 Å². The molecule has 0 spiro atoms. The third kappa shape index (κ3) is 4.90. The number of aromatic amines is 1. The molecule has 0 aliphatic carbocycles. The first-order chi connectivity index (χ1) is 16.8. The van der Waals surface area contributed by atoms with Crippen molar-refractivity contribution in [3.05, 3.63) is 76.9 Å². The second-order valence-corrected chi connectivity index (χ2v) is 9.22. The number of aromatic nitrogens is 4. The van der Waals surface area contributed by atoms with Gasteiger partial charge in [-0.3, -0.25) is 14.4 Å². The summed E-state index contributed by atoms with van der Waals surface area (Å²) in [6.07, 6.45) is 5.91. The van der Waals surface area contributed by atoms with Crippen molar-refractivity contribution in [2.45, 2.75) is 59.4 Å². The number of fused-ring (bicyclic) bond motifs is 2. The average Bonchev–Trinajstić information content (AvgIpc) is 3.49. The van der Waals surface area contributed by atoms with E-state index in [2.05, 4.69) is 53.2 Å². The Bertz CT molecular complexity index is 1350. The molecule has 1 atom stereocenters. The first kappa shape index (κ1) is 24.4. The number of carbonyl (C=O) groups is 2. The summed E-state index contributed by atoms with van der Waals surface area (Å²) < 4.78 is 1.79. The van der Waals surface area contributed by atoms with Crippen LogP contribution in [0, 0.1) is 13.8 Å². The van der Waals surface area contributed by atoms with Gasteiger partial charge < -0.3 is 9.78 Å². The zero-order valence-corrected chi connectivity index (χ0v) is 21.1. The number of carbonyl (C=O) groups excluding carboxylic acids is 2. The number of Topliss-reactive ketones (excluding diaryl/α,β-unsaturated/α-hetero) is 1. The predicted octanol–water partition coefficient (Wildman–Crippen LogP) is 5.82. The van der Waals surface area contributed by atoms with Crippen molar-refractivity contribution in [2.24, 2.45) is 7.05 Å². The summed E-state index contributed by atoms with van der Waals surface area (Å²) in [6, 6.07) is 14.0. The fourth-order valence-electron chi connectivity index (χ4n) is 4.50. The van der Waals surface area contributed by atoms with E-state index < -0.39 is 0 Å². The maximum atomic E-state index is 13.3. The van der Waals surface area contributed by atoms with Crippen molar-refractivity contribution in [3.8, 4) is 0 Å². The van der Waals surface area contributed by atoms with Gasteiger partial charge in [0.25, 0.3) is 5.91 Å². The van der Waals surface area contributed by atoms with E-state index in [9.17, 15) is 9.59 Å². The molecule has 1 aliphatic heterocycles. The molecule has 0 saturated carbocycles. The van der Waals surface area contributed by atoms with Crippen LogP contribution in [0.5, 0.6) is 0 Å². The number of hydrogen-bond donors (Lipinski definition) is 1. The van der Waals surface area contributed by atoms with Gasteiger partial charge in [0.2, 0.25) is 0 Å². The lowest BCUT2D eigenvalue weighted by Gasteiger charge is -2.26. The SMILES string of the molecule is CCCCCC(C)=O.Cc1ccc(C2c3c(nn(C)c3C)C(=O)N2c2ccc3nc[nH]c3c2)cc1. The second-order valence-electron chi connectivity index (χ2n) is 9.22. The van der Waals surface area contributed by atoms with E-state index in [0.29, 0.717) is 11.5 Å². The highest BCUT2D eigenvalue weighted by atomic mass is 16.2. The molecule has 7 heteroatoms. The maximum absolute atomic E-state index is 13.3. The Hall–Kier alpha value is -3.74. The van der Waals surface area contributed by atoms with E-state index in [1.165, 1.54) is 18.4 Å². The minimum atomic E-state index is -0.192. The minimum absolute atomic E-state index is 0.0712. The number of hydrogen-bond acceptors (Lipinski definition) is 4. The molecule has 5 rings (SSSR count). The fraction of sp³-hybridized carbons (Fsp3) is 0.357. The number of H-pyrrole nitrogens is 1. The molecule has 4 aromatic rings. The van der Waals surface area contributed by atoms with Crippen LogP contribution in [-0.2, 0) is 11.8 Å². The van der Waals surface area contributed by atoms with Gasteiger partial charge in [-0.15, -0.1) is 0 Å². The van der Waals surface area contributed by atoms with Crippen molar-refractivity contribution in [1.29, 1.82) is 0 Å². The first-order valence-corrected chi connectivity index (χ1v) is 12.2. The highest BCUT2D eigenvalue weighted by Crippen LogP contribution is 2.43. The summed E-state index contributed by atoms with van der Waals surface area (Å²) in [5.74, 6) is 0.247. The Balaban J connectivity index is 0.000000314. The summed E-state index contributed by atoms with van der Waals surface area (Å²) in [5.41, 5.74) is 7.41. The molecule has 1 N–H and O–H groups in total. The lowest BCUT2D eigenvalue weighted by atomic mass is 9.98. The van der Waals surface area contributed by atoms with Crippen LogP contribution in [0.2, 0.25) is 0 Å². The number of amides is 1. The number of nitrogens with zero attached hydrogens (tertiary/aromatic N) is 4. The van der Waals surface area contributed by atoms with E-state index >= 15 is 0 Å². The Kier molecular flexibility index (Phi) is 7.15. The highest BCUT2D eigenvalue weighted by molar-refractivity contribution is 6.11. The van der Waals surface area contributed by atoms with Gasteiger partial charge in [0.1, 0.15) is 5.78 Å². The molecule has 1 unspecified atom stereocenters. The van der Waals surface area contributed by atoms with Gasteiger partial charge in [-0.1, -0.05) is 49.6 Å². The Morgan fingerprint density at radius 1 is 1.09 bits per heavy atom. The number of benzene rings is 2. The molecular formula is C28H33N5O2. The molecule has 2 aromatic carbocycles. The Morgan fingerprint density at radius 3 is 2.51 bits per heavy atom. The predicted molar refractivity (Wildman–Crippen MR) is 139 cm³/mol. The minimum Gasteiger partial charge on any atom is -0.345 e. The lowest BCUT2D eigenvalue weighted by molar-refractivity contribution is -0.117. The summed E-state index contributed by atoms with van der Waals surface area (Å²) in [7, 11) is 1.88. The Labute approximate surface area is 206 Å². The Morgan fingerprint density at radius 2 is 1.83 bits per heavy atom. The smallest absolute Gasteiger partial charge is 0.280 e. The van der Waals surface area contributed by atoms with Crippen LogP contribution < -0.4 is 4.90 Å². The summed E-state index contributed by atoms with van der Waals surface area (Å²) in [4.78, 5) is 32.9. The van der Waals surface area contributed by atoms with E-state index in [4.69, 9.17) is 0 Å². The largest absolute Gasteiger partial charge is 0.345 e. The molecule has 35 heavy (non-hydrogen) atoms. The topological polar surface area (TPSA) is 83.9 Å². The van der Waals surface area contributed by atoms with Gasteiger partial charge in [0, 0.05) is 30.4 Å². The second kappa shape index (κ2) is 10.3. The first-order valence-electron chi connectivity index (χ1n) is 12.2. The molecule has 1 amide bonds. The van der Waals surface area contributed by atoms with Gasteiger partial charge in [-0.25, -0.2) is 4.98 Å². The van der Waals surface area contributed by atoms with Crippen LogP contribution in [0.25, 0.3) is 11.0 Å².